The number of nitrogens with two attached hydrogens (primary N) is 1. The molecule has 0 fully saturated rings. The Bertz CT molecular complexity index is 339. The van der Waals surface area contributed by atoms with Gasteiger partial charge in [-0.15, -0.1) is 0 Å². The summed E-state index contributed by atoms with van der Waals surface area (Å²) in [7, 11) is 0. The quantitative estimate of drug-likeness (QED) is 0.833. The summed E-state index contributed by atoms with van der Waals surface area (Å²) in [6.45, 7) is 2.20. The molecular weight excluding hydrogens is 217 g/mol. The maximum atomic E-state index is 13.1. The van der Waals surface area contributed by atoms with Crippen molar-refractivity contribution in [3.63, 3.8) is 0 Å². The van der Waals surface area contributed by atoms with Crippen LogP contribution in [0.1, 0.15) is 12.5 Å². The zero-order valence-corrected chi connectivity index (χ0v) is 9.39. The fraction of sp³-hybridized carbons (Fsp3) is 0.455. The number of halogens is 2. The lowest BCUT2D eigenvalue weighted by Gasteiger charge is -2.25. The van der Waals surface area contributed by atoms with E-state index in [-0.39, 0.29) is 11.6 Å². The van der Waals surface area contributed by atoms with Crippen LogP contribution in [-0.4, -0.2) is 18.3 Å². The molecule has 0 aliphatic rings. The highest BCUT2D eigenvalue weighted by Crippen LogP contribution is 2.23. The smallest absolute Gasteiger partial charge is 0.142 e. The highest BCUT2D eigenvalue weighted by molar-refractivity contribution is 6.30. The Morgan fingerprint density at radius 3 is 2.67 bits per heavy atom. The third kappa shape index (κ3) is 3.16. The van der Waals surface area contributed by atoms with Crippen molar-refractivity contribution in [1.82, 2.24) is 0 Å². The molecule has 0 spiro atoms. The van der Waals surface area contributed by atoms with Crippen molar-refractivity contribution < 1.29 is 9.50 Å². The fourth-order valence-corrected chi connectivity index (χ4v) is 1.45. The third-order valence-electron chi connectivity index (χ3n) is 2.49. The molecule has 1 rings (SSSR count). The molecule has 2 nitrogen and oxygen atoms in total. The molecule has 0 aromatic heterocycles. The molecule has 0 aliphatic carbocycles. The lowest BCUT2D eigenvalue weighted by Crippen LogP contribution is -2.33. The van der Waals surface area contributed by atoms with Crippen LogP contribution in [0.3, 0.4) is 0 Å². The molecule has 0 bridgehead atoms. The predicted octanol–water partition coefficient (Wildman–Crippen LogP) is 1.98. The normalized spacial score (nSPS) is 15.0. The highest BCUT2D eigenvalue weighted by atomic mass is 35.5. The van der Waals surface area contributed by atoms with E-state index in [9.17, 15) is 9.50 Å². The second kappa shape index (κ2) is 4.92. The van der Waals surface area contributed by atoms with Crippen molar-refractivity contribution in [1.29, 1.82) is 0 Å². The summed E-state index contributed by atoms with van der Waals surface area (Å²) < 4.78 is 13.1. The van der Waals surface area contributed by atoms with Crippen LogP contribution in [0.4, 0.5) is 4.39 Å². The van der Waals surface area contributed by atoms with Gasteiger partial charge in [-0.05, 0) is 24.1 Å². The van der Waals surface area contributed by atoms with Crippen molar-refractivity contribution in [2.24, 2.45) is 11.1 Å². The average molecular weight is 232 g/mol. The Labute approximate surface area is 93.9 Å². The maximum Gasteiger partial charge on any atom is 0.142 e. The van der Waals surface area contributed by atoms with Crippen molar-refractivity contribution in [2.45, 2.75) is 13.3 Å². The first kappa shape index (κ1) is 12.4. The second-order valence-corrected chi connectivity index (χ2v) is 4.51. The summed E-state index contributed by atoms with van der Waals surface area (Å²) in [4.78, 5) is 0. The van der Waals surface area contributed by atoms with Crippen LogP contribution in [0, 0.1) is 11.2 Å². The summed E-state index contributed by atoms with van der Waals surface area (Å²) in [5.41, 5.74) is 5.94. The molecule has 0 radical (unpaired) electrons. The Hall–Kier alpha value is -0.640. The molecule has 1 unspecified atom stereocenters. The molecule has 0 amide bonds. The lowest BCUT2D eigenvalue weighted by atomic mass is 9.84. The first-order chi connectivity index (χ1) is 7.00. The van der Waals surface area contributed by atoms with Gasteiger partial charge in [0.15, 0.2) is 0 Å². The van der Waals surface area contributed by atoms with E-state index in [1.54, 1.807) is 6.07 Å². The minimum Gasteiger partial charge on any atom is -0.396 e. The third-order valence-corrected chi connectivity index (χ3v) is 2.80. The molecule has 1 aromatic rings. The fourth-order valence-electron chi connectivity index (χ4n) is 1.34. The Kier molecular flexibility index (Phi) is 4.08. The number of hydrogen-bond donors (Lipinski definition) is 2. The predicted molar refractivity (Wildman–Crippen MR) is 59.4 cm³/mol. The van der Waals surface area contributed by atoms with Gasteiger partial charge in [-0.25, -0.2) is 4.39 Å². The first-order valence-corrected chi connectivity index (χ1v) is 5.13. The van der Waals surface area contributed by atoms with Crippen LogP contribution in [0.25, 0.3) is 0 Å². The molecule has 0 heterocycles. The number of benzene rings is 1. The Morgan fingerprint density at radius 1 is 1.53 bits per heavy atom. The number of rotatable bonds is 4. The van der Waals surface area contributed by atoms with Crippen LogP contribution < -0.4 is 5.73 Å². The van der Waals surface area contributed by atoms with E-state index in [2.05, 4.69) is 0 Å². The van der Waals surface area contributed by atoms with Gasteiger partial charge >= 0.3 is 0 Å². The molecule has 0 saturated heterocycles. The van der Waals surface area contributed by atoms with E-state index >= 15 is 0 Å². The second-order valence-electron chi connectivity index (χ2n) is 4.10. The first-order valence-electron chi connectivity index (χ1n) is 4.75. The molecule has 4 heteroatoms. The number of aliphatic hydroxyl groups is 1. The molecular formula is C11H15ClFNO. The monoisotopic (exact) mass is 231 g/mol. The number of hydrogen-bond acceptors (Lipinski definition) is 2. The largest absolute Gasteiger partial charge is 0.396 e. The van der Waals surface area contributed by atoms with E-state index in [4.69, 9.17) is 17.3 Å². The van der Waals surface area contributed by atoms with E-state index in [1.165, 1.54) is 12.1 Å². The Morgan fingerprint density at radius 2 is 2.20 bits per heavy atom. The van der Waals surface area contributed by atoms with Gasteiger partial charge in [0, 0.05) is 18.6 Å². The minimum absolute atomic E-state index is 0.0201. The van der Waals surface area contributed by atoms with Crippen LogP contribution in [0.15, 0.2) is 18.2 Å². The maximum absolute atomic E-state index is 13.1. The van der Waals surface area contributed by atoms with E-state index in [0.717, 1.165) is 5.56 Å². The van der Waals surface area contributed by atoms with Gasteiger partial charge in [-0.2, -0.15) is 0 Å². The summed E-state index contributed by atoms with van der Waals surface area (Å²) in [5, 5.41) is 9.28. The summed E-state index contributed by atoms with van der Waals surface area (Å²) >= 11 is 5.57. The molecule has 0 aliphatic heterocycles. The summed E-state index contributed by atoms with van der Waals surface area (Å²) in [6, 6.07) is 4.64. The van der Waals surface area contributed by atoms with Crippen LogP contribution in [-0.2, 0) is 6.42 Å². The summed E-state index contributed by atoms with van der Waals surface area (Å²) in [5.74, 6) is -0.438. The molecule has 15 heavy (non-hydrogen) atoms. The van der Waals surface area contributed by atoms with Gasteiger partial charge in [0.25, 0.3) is 0 Å². The van der Waals surface area contributed by atoms with E-state index in [0.29, 0.717) is 13.0 Å². The van der Waals surface area contributed by atoms with Gasteiger partial charge in [-0.3, -0.25) is 0 Å². The van der Waals surface area contributed by atoms with Gasteiger partial charge in [0.2, 0.25) is 0 Å². The zero-order valence-electron chi connectivity index (χ0n) is 8.63. The summed E-state index contributed by atoms with van der Waals surface area (Å²) in [6.07, 6.45) is 0.536. The standard InChI is InChI=1S/C11H15ClFNO/c1-11(6-14,7-15)5-8-2-3-9(12)10(13)4-8/h2-4,15H,5-7,14H2,1H3. The number of aliphatic hydroxyl groups excluding tert-OH is 1. The van der Waals surface area contributed by atoms with Crippen molar-refractivity contribution in [3.8, 4) is 0 Å². The van der Waals surface area contributed by atoms with Gasteiger partial charge in [0.1, 0.15) is 5.82 Å². The molecule has 84 valence electrons. The average Bonchev–Trinajstić information content (AvgIpc) is 2.23. The van der Waals surface area contributed by atoms with E-state index < -0.39 is 11.2 Å². The lowest BCUT2D eigenvalue weighted by molar-refractivity contribution is 0.149. The minimum atomic E-state index is -0.438. The SMILES string of the molecule is CC(CN)(CO)Cc1ccc(Cl)c(F)c1. The van der Waals surface area contributed by atoms with Crippen LogP contribution >= 0.6 is 11.6 Å². The van der Waals surface area contributed by atoms with Crippen LogP contribution in [0.5, 0.6) is 0 Å². The topological polar surface area (TPSA) is 46.2 Å². The van der Waals surface area contributed by atoms with Crippen molar-refractivity contribution in [3.05, 3.63) is 34.6 Å². The van der Waals surface area contributed by atoms with E-state index in [1.807, 2.05) is 6.92 Å². The molecule has 0 saturated carbocycles. The van der Waals surface area contributed by atoms with Gasteiger partial charge < -0.3 is 10.8 Å². The molecule has 3 N–H and O–H groups in total. The molecule has 1 atom stereocenters. The zero-order chi connectivity index (χ0) is 11.5. The highest BCUT2D eigenvalue weighted by Gasteiger charge is 2.22. The van der Waals surface area contributed by atoms with Gasteiger partial charge in [0.05, 0.1) is 5.02 Å². The van der Waals surface area contributed by atoms with Crippen LogP contribution in [0.2, 0.25) is 5.02 Å². The Balaban J connectivity index is 2.85. The molecule has 1 aromatic carbocycles. The van der Waals surface area contributed by atoms with Gasteiger partial charge in [-0.1, -0.05) is 24.6 Å². The van der Waals surface area contributed by atoms with Crippen molar-refractivity contribution in [2.75, 3.05) is 13.2 Å². The van der Waals surface area contributed by atoms with Crippen molar-refractivity contribution >= 4 is 11.6 Å².